The van der Waals surface area contributed by atoms with E-state index in [4.69, 9.17) is 9.47 Å². The maximum Gasteiger partial charge on any atom is 0.419 e. The molecule has 0 saturated carbocycles. The molecule has 0 atom stereocenters. The molecule has 13 heteroatoms. The summed E-state index contributed by atoms with van der Waals surface area (Å²) in [6.45, 7) is 0. The lowest BCUT2D eigenvalue weighted by Crippen LogP contribution is -2.08. The van der Waals surface area contributed by atoms with E-state index in [9.17, 15) is 40.2 Å². The van der Waals surface area contributed by atoms with Gasteiger partial charge in [-0.25, -0.2) is 8.78 Å². The van der Waals surface area contributed by atoms with Crippen LogP contribution in [0.1, 0.15) is 11.1 Å². The standard InChI is InChI=1S/C18H8F8N2O3/c19-12-3-1-8(5-10(12)17(21,22)23)30-14-7-15(28-16(29)27-14)31-9-2-4-13(20)11(6-9)18(24,25)26/h1-7H,(H,27,28,29). The van der Waals surface area contributed by atoms with Gasteiger partial charge in [-0.3, -0.25) is 0 Å². The second kappa shape index (κ2) is 7.89. The van der Waals surface area contributed by atoms with E-state index in [1.807, 2.05) is 0 Å². The van der Waals surface area contributed by atoms with Crippen molar-refractivity contribution in [2.24, 2.45) is 0 Å². The van der Waals surface area contributed by atoms with Gasteiger partial charge < -0.3 is 14.6 Å². The summed E-state index contributed by atoms with van der Waals surface area (Å²) in [4.78, 5) is 6.77. The first-order valence-corrected chi connectivity index (χ1v) is 8.00. The van der Waals surface area contributed by atoms with Gasteiger partial charge in [0, 0.05) is 0 Å². The molecule has 3 aromatic rings. The van der Waals surface area contributed by atoms with Crippen molar-refractivity contribution in [1.29, 1.82) is 0 Å². The molecule has 1 heterocycles. The largest absolute Gasteiger partial charge is 0.479 e. The molecule has 3 rings (SSSR count). The lowest BCUT2D eigenvalue weighted by atomic mass is 10.2. The lowest BCUT2D eigenvalue weighted by molar-refractivity contribution is -0.140. The van der Waals surface area contributed by atoms with Crippen LogP contribution in [0.15, 0.2) is 42.5 Å². The molecule has 0 spiro atoms. The zero-order chi connectivity index (χ0) is 23.0. The Morgan fingerprint density at radius 3 is 1.39 bits per heavy atom. The number of aromatic hydroxyl groups is 1. The van der Waals surface area contributed by atoms with Crippen LogP contribution in [0.5, 0.6) is 29.3 Å². The van der Waals surface area contributed by atoms with Crippen LogP contribution in [-0.4, -0.2) is 15.1 Å². The molecule has 0 radical (unpaired) electrons. The van der Waals surface area contributed by atoms with Crippen molar-refractivity contribution < 1.29 is 49.7 Å². The van der Waals surface area contributed by atoms with Crippen molar-refractivity contribution in [3.05, 3.63) is 65.2 Å². The predicted octanol–water partition coefficient (Wildman–Crippen LogP) is 6.08. The van der Waals surface area contributed by atoms with Gasteiger partial charge in [-0.15, -0.1) is 0 Å². The van der Waals surface area contributed by atoms with Crippen LogP contribution < -0.4 is 9.47 Å². The maximum atomic E-state index is 13.4. The first-order chi connectivity index (χ1) is 14.3. The molecule has 0 unspecified atom stereocenters. The summed E-state index contributed by atoms with van der Waals surface area (Å²) >= 11 is 0. The van der Waals surface area contributed by atoms with Gasteiger partial charge in [-0.05, 0) is 36.4 Å². The number of alkyl halides is 6. The van der Waals surface area contributed by atoms with E-state index >= 15 is 0 Å². The Balaban J connectivity index is 1.88. The van der Waals surface area contributed by atoms with Gasteiger partial charge >= 0.3 is 18.4 Å². The van der Waals surface area contributed by atoms with E-state index < -0.39 is 64.4 Å². The number of ether oxygens (including phenoxy) is 2. The van der Waals surface area contributed by atoms with Crippen molar-refractivity contribution in [3.8, 4) is 29.3 Å². The summed E-state index contributed by atoms with van der Waals surface area (Å²) in [5.74, 6) is -5.27. The molecule has 0 amide bonds. The third-order valence-corrected chi connectivity index (χ3v) is 3.60. The zero-order valence-electron chi connectivity index (χ0n) is 14.7. The molecule has 0 aliphatic heterocycles. The van der Waals surface area contributed by atoms with Crippen LogP contribution in [0.4, 0.5) is 35.1 Å². The molecule has 0 fully saturated rings. The minimum absolute atomic E-state index is 0.338. The van der Waals surface area contributed by atoms with Crippen molar-refractivity contribution in [2.75, 3.05) is 0 Å². The molecule has 1 aromatic heterocycles. The fourth-order valence-corrected chi connectivity index (χ4v) is 2.31. The van der Waals surface area contributed by atoms with Crippen LogP contribution in [0.2, 0.25) is 0 Å². The summed E-state index contributed by atoms with van der Waals surface area (Å²) in [6, 6.07) is 3.19. The zero-order valence-corrected chi connectivity index (χ0v) is 14.7. The van der Waals surface area contributed by atoms with Crippen LogP contribution in [0.25, 0.3) is 0 Å². The second-order valence-corrected chi connectivity index (χ2v) is 5.83. The molecule has 31 heavy (non-hydrogen) atoms. The molecule has 0 bridgehead atoms. The number of aromatic nitrogens is 2. The van der Waals surface area contributed by atoms with Gasteiger partial charge in [0.05, 0.1) is 17.2 Å². The predicted molar refractivity (Wildman–Crippen MR) is 86.6 cm³/mol. The minimum Gasteiger partial charge on any atom is -0.479 e. The highest BCUT2D eigenvalue weighted by Gasteiger charge is 2.35. The normalized spacial score (nSPS) is 12.0. The third-order valence-electron chi connectivity index (χ3n) is 3.60. The van der Waals surface area contributed by atoms with Gasteiger partial charge in [0.2, 0.25) is 11.8 Å². The van der Waals surface area contributed by atoms with E-state index in [-0.39, 0.29) is 0 Å². The quantitative estimate of drug-likeness (QED) is 0.486. The van der Waals surface area contributed by atoms with Gasteiger partial charge in [0.1, 0.15) is 23.1 Å². The van der Waals surface area contributed by atoms with E-state index in [2.05, 4.69) is 9.97 Å². The third kappa shape index (κ3) is 5.29. The Kier molecular flexibility index (Phi) is 5.61. The molecule has 164 valence electrons. The first kappa shape index (κ1) is 22.1. The Labute approximate surface area is 167 Å². The average Bonchev–Trinajstić information content (AvgIpc) is 2.62. The number of rotatable bonds is 4. The van der Waals surface area contributed by atoms with Gasteiger partial charge in [-0.1, -0.05) is 0 Å². The minimum atomic E-state index is -5.01. The average molecular weight is 452 g/mol. The highest BCUT2D eigenvalue weighted by molar-refractivity contribution is 5.37. The van der Waals surface area contributed by atoms with Crippen molar-refractivity contribution >= 4 is 0 Å². The van der Waals surface area contributed by atoms with E-state index in [1.54, 1.807) is 0 Å². The second-order valence-electron chi connectivity index (χ2n) is 5.83. The molecular formula is C18H8F8N2O3. The molecule has 5 nitrogen and oxygen atoms in total. The molecular weight excluding hydrogens is 444 g/mol. The summed E-state index contributed by atoms with van der Waals surface area (Å²) in [5.41, 5.74) is -3.24. The monoisotopic (exact) mass is 452 g/mol. The summed E-state index contributed by atoms with van der Waals surface area (Å²) in [7, 11) is 0. The van der Waals surface area contributed by atoms with Crippen LogP contribution in [-0.2, 0) is 12.4 Å². The maximum absolute atomic E-state index is 13.4. The van der Waals surface area contributed by atoms with Crippen molar-refractivity contribution in [3.63, 3.8) is 0 Å². The smallest absolute Gasteiger partial charge is 0.419 e. The number of nitrogens with zero attached hydrogens (tertiary/aromatic N) is 2. The summed E-state index contributed by atoms with van der Waals surface area (Å²) < 4.78 is 114. The highest BCUT2D eigenvalue weighted by atomic mass is 19.4. The first-order valence-electron chi connectivity index (χ1n) is 8.00. The fourth-order valence-electron chi connectivity index (χ4n) is 2.31. The molecule has 2 aromatic carbocycles. The Morgan fingerprint density at radius 1 is 0.645 bits per heavy atom. The number of hydrogen-bond donors (Lipinski definition) is 1. The topological polar surface area (TPSA) is 64.5 Å². The van der Waals surface area contributed by atoms with Crippen LogP contribution >= 0.6 is 0 Å². The Hall–Kier alpha value is -3.64. The highest BCUT2D eigenvalue weighted by Crippen LogP contribution is 2.37. The summed E-state index contributed by atoms with van der Waals surface area (Å²) in [6.07, 6.45) is -10.0. The lowest BCUT2D eigenvalue weighted by Gasteiger charge is -2.12. The Morgan fingerprint density at radius 2 is 1.03 bits per heavy atom. The SMILES string of the molecule is Oc1nc(Oc2ccc(F)c(C(F)(F)F)c2)cc(Oc2ccc(F)c(C(F)(F)F)c2)n1. The van der Waals surface area contributed by atoms with Crippen LogP contribution in [0, 0.1) is 11.6 Å². The van der Waals surface area contributed by atoms with E-state index in [0.717, 1.165) is 18.2 Å². The molecule has 0 aliphatic rings. The summed E-state index contributed by atoms with van der Waals surface area (Å²) in [5, 5.41) is 9.54. The van der Waals surface area contributed by atoms with Crippen LogP contribution in [0.3, 0.4) is 0 Å². The number of halogens is 8. The van der Waals surface area contributed by atoms with E-state index in [0.29, 0.717) is 24.3 Å². The molecule has 0 aliphatic carbocycles. The Bertz CT molecular complexity index is 1030. The van der Waals surface area contributed by atoms with Crippen molar-refractivity contribution in [2.45, 2.75) is 12.4 Å². The number of hydrogen-bond acceptors (Lipinski definition) is 5. The van der Waals surface area contributed by atoms with E-state index in [1.165, 1.54) is 0 Å². The van der Waals surface area contributed by atoms with Gasteiger partial charge in [-0.2, -0.15) is 36.3 Å². The fraction of sp³-hybridized carbons (Fsp3) is 0.111. The number of benzene rings is 2. The molecule has 0 saturated heterocycles. The molecule has 1 N–H and O–H groups in total. The van der Waals surface area contributed by atoms with Crippen molar-refractivity contribution in [1.82, 2.24) is 9.97 Å². The van der Waals surface area contributed by atoms with Gasteiger partial charge in [0.25, 0.3) is 0 Å². The van der Waals surface area contributed by atoms with Gasteiger partial charge in [0.15, 0.2) is 0 Å².